The molecule has 1 N–H and O–H groups in total. The zero-order valence-electron chi connectivity index (χ0n) is 17.6. The Balaban J connectivity index is 1.66. The van der Waals surface area contributed by atoms with Gasteiger partial charge >= 0.3 is 0 Å². The molecular weight excluding hydrogens is 448 g/mol. The smallest absolute Gasteiger partial charge is 0.233 e. The Labute approximate surface area is 195 Å². The number of nitrogens with zero attached hydrogens (tertiary/aromatic N) is 3. The van der Waals surface area contributed by atoms with Crippen molar-refractivity contribution in [2.24, 2.45) is 0 Å². The lowest BCUT2D eigenvalue weighted by molar-refractivity contribution is -0.131. The minimum Gasteiger partial charge on any atom is -0.497 e. The molecule has 0 spiro atoms. The van der Waals surface area contributed by atoms with E-state index in [1.165, 1.54) is 28.0 Å². The molecule has 1 amide bonds. The fourth-order valence-corrected chi connectivity index (χ4v) is 5.42. The molecule has 0 aliphatic rings. The summed E-state index contributed by atoms with van der Waals surface area (Å²) in [7, 11) is 1.65. The SMILES string of the molecule is C=CCNc1nnc(SCC(=O)N(Cc2ccc(OC)cc2)[C@H](C)Cc2cccs2)s1. The van der Waals surface area contributed by atoms with E-state index in [2.05, 4.69) is 40.5 Å². The van der Waals surface area contributed by atoms with Crippen molar-refractivity contribution in [3.63, 3.8) is 0 Å². The molecule has 2 aromatic heterocycles. The van der Waals surface area contributed by atoms with E-state index in [1.807, 2.05) is 35.2 Å². The minimum absolute atomic E-state index is 0.0769. The van der Waals surface area contributed by atoms with Gasteiger partial charge < -0.3 is 15.0 Å². The summed E-state index contributed by atoms with van der Waals surface area (Å²) < 4.78 is 6.02. The predicted octanol–water partition coefficient (Wildman–Crippen LogP) is 4.96. The Morgan fingerprint density at radius 1 is 1.32 bits per heavy atom. The molecule has 0 aliphatic heterocycles. The van der Waals surface area contributed by atoms with Crippen molar-refractivity contribution >= 4 is 45.5 Å². The molecule has 0 saturated heterocycles. The van der Waals surface area contributed by atoms with Crippen LogP contribution in [0.5, 0.6) is 5.75 Å². The second-order valence-electron chi connectivity index (χ2n) is 6.83. The predicted molar refractivity (Wildman–Crippen MR) is 130 cm³/mol. The summed E-state index contributed by atoms with van der Waals surface area (Å²) in [5.41, 5.74) is 1.07. The first-order chi connectivity index (χ1) is 15.1. The van der Waals surface area contributed by atoms with E-state index in [1.54, 1.807) is 24.5 Å². The number of methoxy groups -OCH3 is 1. The number of nitrogens with one attached hydrogen (secondary N) is 1. The van der Waals surface area contributed by atoms with Gasteiger partial charge in [0.15, 0.2) is 4.34 Å². The van der Waals surface area contributed by atoms with Crippen LogP contribution in [0.3, 0.4) is 0 Å². The van der Waals surface area contributed by atoms with Crippen LogP contribution in [0, 0.1) is 0 Å². The first kappa shape index (κ1) is 23.3. The van der Waals surface area contributed by atoms with Crippen LogP contribution in [-0.4, -0.2) is 46.5 Å². The molecule has 0 radical (unpaired) electrons. The molecule has 3 aromatic rings. The molecule has 164 valence electrons. The maximum atomic E-state index is 13.2. The van der Waals surface area contributed by atoms with E-state index < -0.39 is 0 Å². The van der Waals surface area contributed by atoms with E-state index in [4.69, 9.17) is 4.74 Å². The second-order valence-corrected chi connectivity index (χ2v) is 10.1. The molecule has 1 atom stereocenters. The van der Waals surface area contributed by atoms with Crippen molar-refractivity contribution in [1.29, 1.82) is 0 Å². The Morgan fingerprint density at radius 3 is 2.81 bits per heavy atom. The highest BCUT2D eigenvalue weighted by Crippen LogP contribution is 2.26. The summed E-state index contributed by atoms with van der Waals surface area (Å²) in [6.07, 6.45) is 2.60. The standard InChI is InChI=1S/C22H26N4O2S3/c1-4-11-23-21-24-25-22(31-21)30-15-20(27)26(16(2)13-19-6-5-12-29-19)14-17-7-9-18(28-3)10-8-17/h4-10,12,16H,1,11,13-15H2,2-3H3,(H,23,24)/t16-/m1/s1. The average molecular weight is 475 g/mol. The maximum absolute atomic E-state index is 13.2. The van der Waals surface area contributed by atoms with Crippen LogP contribution in [0.4, 0.5) is 5.13 Å². The van der Waals surface area contributed by atoms with Gasteiger partial charge in [0.1, 0.15) is 5.75 Å². The minimum atomic E-state index is 0.0769. The molecule has 0 unspecified atom stereocenters. The van der Waals surface area contributed by atoms with Crippen molar-refractivity contribution in [3.05, 3.63) is 64.9 Å². The number of anilines is 1. The number of hydrogen-bond donors (Lipinski definition) is 1. The lowest BCUT2D eigenvalue weighted by atomic mass is 10.1. The Hall–Kier alpha value is -2.36. The number of benzene rings is 1. The van der Waals surface area contributed by atoms with Gasteiger partial charge in [0, 0.05) is 30.4 Å². The maximum Gasteiger partial charge on any atom is 0.233 e. The number of thioether (sulfide) groups is 1. The van der Waals surface area contributed by atoms with Crippen LogP contribution in [-0.2, 0) is 17.8 Å². The second kappa shape index (κ2) is 11.9. The number of carbonyl (C=O) groups is 1. The van der Waals surface area contributed by atoms with E-state index in [0.717, 1.165) is 27.2 Å². The highest BCUT2D eigenvalue weighted by Gasteiger charge is 2.22. The highest BCUT2D eigenvalue weighted by molar-refractivity contribution is 8.01. The van der Waals surface area contributed by atoms with Gasteiger partial charge in [-0.15, -0.1) is 28.1 Å². The lowest BCUT2D eigenvalue weighted by Crippen LogP contribution is -2.40. The molecular formula is C22H26N4O2S3. The van der Waals surface area contributed by atoms with Crippen molar-refractivity contribution in [3.8, 4) is 5.75 Å². The van der Waals surface area contributed by atoms with Gasteiger partial charge in [-0.3, -0.25) is 4.79 Å². The molecule has 0 fully saturated rings. The Morgan fingerprint density at radius 2 is 2.13 bits per heavy atom. The van der Waals surface area contributed by atoms with Gasteiger partial charge in [-0.2, -0.15) is 0 Å². The van der Waals surface area contributed by atoms with Crippen LogP contribution < -0.4 is 10.1 Å². The van der Waals surface area contributed by atoms with Gasteiger partial charge in [0.25, 0.3) is 0 Å². The summed E-state index contributed by atoms with van der Waals surface area (Å²) >= 11 is 4.59. The number of ether oxygens (including phenoxy) is 1. The van der Waals surface area contributed by atoms with E-state index in [-0.39, 0.29) is 11.9 Å². The van der Waals surface area contributed by atoms with Gasteiger partial charge in [-0.1, -0.05) is 47.4 Å². The molecule has 31 heavy (non-hydrogen) atoms. The average Bonchev–Trinajstić information content (AvgIpc) is 3.46. The quantitative estimate of drug-likeness (QED) is 0.296. The summed E-state index contributed by atoms with van der Waals surface area (Å²) in [6, 6.07) is 12.1. The number of rotatable bonds is 12. The van der Waals surface area contributed by atoms with Crippen molar-refractivity contribution in [2.45, 2.75) is 30.3 Å². The molecule has 1 aromatic carbocycles. The first-order valence-electron chi connectivity index (χ1n) is 9.85. The highest BCUT2D eigenvalue weighted by atomic mass is 32.2. The molecule has 0 saturated carbocycles. The lowest BCUT2D eigenvalue weighted by Gasteiger charge is -2.29. The monoisotopic (exact) mass is 474 g/mol. The Kier molecular flexibility index (Phi) is 8.93. The fraction of sp³-hybridized carbons (Fsp3) is 0.318. The van der Waals surface area contributed by atoms with Gasteiger partial charge in [-0.25, -0.2) is 0 Å². The number of aromatic nitrogens is 2. The zero-order chi connectivity index (χ0) is 22.1. The molecule has 9 heteroatoms. The fourth-order valence-electron chi connectivity index (χ4n) is 2.95. The molecule has 6 nitrogen and oxygen atoms in total. The van der Waals surface area contributed by atoms with Crippen LogP contribution in [0.2, 0.25) is 0 Å². The molecule has 2 heterocycles. The van der Waals surface area contributed by atoms with Gasteiger partial charge in [0.05, 0.1) is 12.9 Å². The van der Waals surface area contributed by atoms with Crippen LogP contribution in [0.15, 0.2) is 58.8 Å². The van der Waals surface area contributed by atoms with Gasteiger partial charge in [-0.05, 0) is 36.1 Å². The summed E-state index contributed by atoms with van der Waals surface area (Å²) in [4.78, 5) is 16.4. The van der Waals surface area contributed by atoms with E-state index in [9.17, 15) is 4.79 Å². The third-order valence-corrected chi connectivity index (χ3v) is 7.46. The zero-order valence-corrected chi connectivity index (χ0v) is 20.1. The first-order valence-corrected chi connectivity index (χ1v) is 12.5. The Bertz CT molecular complexity index is 958. The number of thiophene rings is 1. The van der Waals surface area contributed by atoms with Crippen molar-refractivity contribution in [2.75, 3.05) is 24.7 Å². The summed E-state index contributed by atoms with van der Waals surface area (Å²) in [5, 5.41) is 14.2. The van der Waals surface area contributed by atoms with Crippen LogP contribution in [0.1, 0.15) is 17.4 Å². The largest absolute Gasteiger partial charge is 0.497 e. The number of hydrogen-bond acceptors (Lipinski definition) is 8. The molecule has 0 aliphatic carbocycles. The topological polar surface area (TPSA) is 67.4 Å². The molecule has 3 rings (SSSR count). The van der Waals surface area contributed by atoms with Gasteiger partial charge in [0.2, 0.25) is 11.0 Å². The van der Waals surface area contributed by atoms with Crippen molar-refractivity contribution in [1.82, 2.24) is 15.1 Å². The van der Waals surface area contributed by atoms with E-state index >= 15 is 0 Å². The normalized spacial score (nSPS) is 11.7. The third kappa shape index (κ3) is 7.09. The third-order valence-electron chi connectivity index (χ3n) is 4.56. The number of amides is 1. The van der Waals surface area contributed by atoms with E-state index in [0.29, 0.717) is 18.8 Å². The molecule has 0 bridgehead atoms. The number of carbonyl (C=O) groups excluding carboxylic acids is 1. The van der Waals surface area contributed by atoms with Crippen molar-refractivity contribution < 1.29 is 9.53 Å². The summed E-state index contributed by atoms with van der Waals surface area (Å²) in [6.45, 7) is 6.97. The van der Waals surface area contributed by atoms with Crippen LogP contribution in [0.25, 0.3) is 0 Å². The summed E-state index contributed by atoms with van der Waals surface area (Å²) in [5.74, 6) is 1.21. The van der Waals surface area contributed by atoms with Crippen LogP contribution >= 0.6 is 34.4 Å².